The van der Waals surface area contributed by atoms with Gasteiger partial charge in [-0.2, -0.15) is 0 Å². The molecule has 1 saturated carbocycles. The number of hydrogen-bond acceptors (Lipinski definition) is 3. The zero-order chi connectivity index (χ0) is 12.3. The van der Waals surface area contributed by atoms with E-state index >= 15 is 0 Å². The Morgan fingerprint density at radius 2 is 2.29 bits per heavy atom. The molecule has 4 heteroatoms. The Morgan fingerprint density at radius 1 is 1.53 bits per heavy atom. The lowest BCUT2D eigenvalue weighted by Gasteiger charge is -2.30. The van der Waals surface area contributed by atoms with Crippen molar-refractivity contribution in [3.05, 3.63) is 18.0 Å². The van der Waals surface area contributed by atoms with Crippen LogP contribution in [0.3, 0.4) is 0 Å². The lowest BCUT2D eigenvalue weighted by atomic mass is 9.85. The zero-order valence-electron chi connectivity index (χ0n) is 10.2. The van der Waals surface area contributed by atoms with Crippen LogP contribution in [0, 0.1) is 5.92 Å². The van der Waals surface area contributed by atoms with Gasteiger partial charge < -0.3 is 15.5 Å². The van der Waals surface area contributed by atoms with Crippen molar-refractivity contribution in [2.75, 3.05) is 5.73 Å². The normalized spacial score (nSPS) is 24.5. The number of rotatable bonds is 3. The number of anilines is 1. The van der Waals surface area contributed by atoms with Gasteiger partial charge in [0.05, 0.1) is 5.69 Å². The summed E-state index contributed by atoms with van der Waals surface area (Å²) in [5.74, 6) is 0.229. The van der Waals surface area contributed by atoms with Gasteiger partial charge in [-0.3, -0.25) is 0 Å². The molecule has 1 heterocycles. The fraction of sp³-hybridized carbons (Fsp3) is 0.615. The maximum absolute atomic E-state index is 11.9. The van der Waals surface area contributed by atoms with E-state index in [2.05, 4.69) is 11.9 Å². The number of hydrogen-bond donors (Lipinski definition) is 2. The fourth-order valence-corrected chi connectivity index (χ4v) is 2.53. The summed E-state index contributed by atoms with van der Waals surface area (Å²) in [5.41, 5.74) is 6.57. The molecule has 0 aromatic carbocycles. The molecule has 2 atom stereocenters. The lowest BCUT2D eigenvalue weighted by molar-refractivity contribution is 0.000186. The Bertz CT molecular complexity index is 387. The minimum Gasteiger partial charge on any atom is -0.457 e. The van der Waals surface area contributed by atoms with E-state index in [0.717, 1.165) is 19.3 Å². The topological polar surface area (TPSA) is 68.1 Å². The molecule has 94 valence electrons. The highest BCUT2D eigenvalue weighted by molar-refractivity contribution is 5.88. The second-order valence-corrected chi connectivity index (χ2v) is 4.74. The first-order valence-electron chi connectivity index (χ1n) is 6.35. The third-order valence-corrected chi connectivity index (χ3v) is 3.55. The average Bonchev–Trinajstić information content (AvgIpc) is 2.77. The first kappa shape index (κ1) is 12.0. The Labute approximate surface area is 102 Å². The maximum Gasteiger partial charge on any atom is 0.355 e. The van der Waals surface area contributed by atoms with Gasteiger partial charge in [-0.15, -0.1) is 0 Å². The lowest BCUT2D eigenvalue weighted by Crippen LogP contribution is -2.29. The van der Waals surface area contributed by atoms with Gasteiger partial charge in [-0.1, -0.05) is 13.3 Å². The number of aromatic amines is 1. The molecule has 17 heavy (non-hydrogen) atoms. The average molecular weight is 236 g/mol. The first-order valence-corrected chi connectivity index (χ1v) is 6.35. The smallest absolute Gasteiger partial charge is 0.355 e. The summed E-state index contributed by atoms with van der Waals surface area (Å²) in [5, 5.41) is 0. The van der Waals surface area contributed by atoms with Crippen LogP contribution in [0.2, 0.25) is 0 Å². The summed E-state index contributed by atoms with van der Waals surface area (Å²) in [4.78, 5) is 14.7. The molecule has 1 aliphatic rings. The van der Waals surface area contributed by atoms with Crippen molar-refractivity contribution in [1.29, 1.82) is 0 Å². The minimum absolute atomic E-state index is 0.0748. The molecule has 1 fully saturated rings. The van der Waals surface area contributed by atoms with E-state index in [9.17, 15) is 4.79 Å². The van der Waals surface area contributed by atoms with Gasteiger partial charge in [-0.05, 0) is 37.7 Å². The highest BCUT2D eigenvalue weighted by atomic mass is 16.5. The summed E-state index contributed by atoms with van der Waals surface area (Å²) >= 11 is 0. The molecule has 0 saturated heterocycles. The van der Waals surface area contributed by atoms with Crippen molar-refractivity contribution >= 4 is 11.7 Å². The number of H-pyrrole nitrogens is 1. The van der Waals surface area contributed by atoms with Gasteiger partial charge in [0.15, 0.2) is 0 Å². The summed E-state index contributed by atoms with van der Waals surface area (Å²) in [7, 11) is 0. The number of ether oxygens (including phenoxy) is 1. The SMILES string of the molecule is CCC1CCCCC1OC(=O)c1cc(N)c[nH]1. The molecule has 1 aromatic heterocycles. The molecule has 0 aliphatic heterocycles. The van der Waals surface area contributed by atoms with Crippen LogP contribution in [-0.2, 0) is 4.74 Å². The number of nitrogens with one attached hydrogen (secondary N) is 1. The molecule has 2 rings (SSSR count). The molecule has 1 aliphatic carbocycles. The Kier molecular flexibility index (Phi) is 3.71. The van der Waals surface area contributed by atoms with Crippen LogP contribution in [0.1, 0.15) is 49.5 Å². The third-order valence-electron chi connectivity index (χ3n) is 3.55. The molecule has 0 amide bonds. The summed E-state index contributed by atoms with van der Waals surface area (Å²) in [6.45, 7) is 2.16. The van der Waals surface area contributed by atoms with Crippen molar-refractivity contribution in [3.63, 3.8) is 0 Å². The summed E-state index contributed by atoms with van der Waals surface area (Å²) < 4.78 is 5.57. The maximum atomic E-state index is 11.9. The molecule has 1 aromatic rings. The van der Waals surface area contributed by atoms with E-state index in [1.54, 1.807) is 12.3 Å². The molecule has 0 spiro atoms. The van der Waals surface area contributed by atoms with Crippen LogP contribution in [0.4, 0.5) is 5.69 Å². The number of nitrogens with two attached hydrogens (primary N) is 1. The van der Waals surface area contributed by atoms with Crippen molar-refractivity contribution in [2.24, 2.45) is 5.92 Å². The van der Waals surface area contributed by atoms with E-state index in [-0.39, 0.29) is 12.1 Å². The fourth-order valence-electron chi connectivity index (χ4n) is 2.53. The van der Waals surface area contributed by atoms with E-state index in [1.165, 1.54) is 12.8 Å². The molecule has 0 bridgehead atoms. The van der Waals surface area contributed by atoms with Crippen molar-refractivity contribution in [2.45, 2.75) is 45.1 Å². The largest absolute Gasteiger partial charge is 0.457 e. The molecule has 0 radical (unpaired) electrons. The highest BCUT2D eigenvalue weighted by Gasteiger charge is 2.27. The zero-order valence-corrected chi connectivity index (χ0v) is 10.2. The van der Waals surface area contributed by atoms with E-state index in [1.807, 2.05) is 0 Å². The summed E-state index contributed by atoms with van der Waals surface area (Å²) in [6, 6.07) is 1.62. The highest BCUT2D eigenvalue weighted by Crippen LogP contribution is 2.29. The van der Waals surface area contributed by atoms with Gasteiger partial charge in [0.25, 0.3) is 0 Å². The van der Waals surface area contributed by atoms with Gasteiger partial charge in [0, 0.05) is 6.20 Å². The number of nitrogen functional groups attached to an aromatic ring is 1. The molecule has 3 N–H and O–H groups in total. The predicted octanol–water partition coefficient (Wildman–Crippen LogP) is 2.72. The standard InChI is InChI=1S/C13H20N2O2/c1-2-9-5-3-4-6-12(9)17-13(16)11-7-10(14)8-15-11/h7-9,12,15H,2-6,14H2,1H3. The van der Waals surface area contributed by atoms with E-state index in [4.69, 9.17) is 10.5 Å². The third kappa shape index (κ3) is 2.81. The van der Waals surface area contributed by atoms with Crippen molar-refractivity contribution < 1.29 is 9.53 Å². The molecule has 4 nitrogen and oxygen atoms in total. The van der Waals surface area contributed by atoms with E-state index in [0.29, 0.717) is 17.3 Å². The quantitative estimate of drug-likeness (QED) is 0.793. The van der Waals surface area contributed by atoms with Crippen LogP contribution >= 0.6 is 0 Å². The second kappa shape index (κ2) is 5.25. The Morgan fingerprint density at radius 3 is 2.94 bits per heavy atom. The van der Waals surface area contributed by atoms with Crippen molar-refractivity contribution in [1.82, 2.24) is 4.98 Å². The monoisotopic (exact) mass is 236 g/mol. The van der Waals surface area contributed by atoms with Crippen LogP contribution in [0.25, 0.3) is 0 Å². The molecular weight excluding hydrogens is 216 g/mol. The van der Waals surface area contributed by atoms with Gasteiger partial charge in [0.1, 0.15) is 11.8 Å². The first-order chi connectivity index (χ1) is 8.20. The number of carbonyl (C=O) groups is 1. The predicted molar refractivity (Wildman–Crippen MR) is 66.7 cm³/mol. The van der Waals surface area contributed by atoms with Gasteiger partial charge in [0.2, 0.25) is 0 Å². The van der Waals surface area contributed by atoms with E-state index < -0.39 is 0 Å². The molecular formula is C13H20N2O2. The second-order valence-electron chi connectivity index (χ2n) is 4.74. The van der Waals surface area contributed by atoms with Crippen LogP contribution in [0.5, 0.6) is 0 Å². The Hall–Kier alpha value is -1.45. The number of aromatic nitrogens is 1. The van der Waals surface area contributed by atoms with Crippen molar-refractivity contribution in [3.8, 4) is 0 Å². The van der Waals surface area contributed by atoms with Crippen LogP contribution in [-0.4, -0.2) is 17.1 Å². The minimum atomic E-state index is -0.285. The van der Waals surface area contributed by atoms with Crippen LogP contribution in [0.15, 0.2) is 12.3 Å². The Balaban J connectivity index is 1.97. The number of carbonyl (C=O) groups excluding carboxylic acids is 1. The summed E-state index contributed by atoms with van der Waals surface area (Å²) in [6.07, 6.45) is 7.32. The number of esters is 1. The van der Waals surface area contributed by atoms with Gasteiger partial charge in [-0.25, -0.2) is 4.79 Å². The van der Waals surface area contributed by atoms with Gasteiger partial charge >= 0.3 is 5.97 Å². The molecule has 2 unspecified atom stereocenters. The van der Waals surface area contributed by atoms with Crippen LogP contribution < -0.4 is 5.73 Å².